The molecule has 0 bridgehead atoms. The van der Waals surface area contributed by atoms with Gasteiger partial charge in [0.05, 0.1) is 11.4 Å². The summed E-state index contributed by atoms with van der Waals surface area (Å²) in [6.45, 7) is 0.304. The third-order valence-electron chi connectivity index (χ3n) is 2.48. The molecule has 1 aromatic rings. The summed E-state index contributed by atoms with van der Waals surface area (Å²) >= 11 is 5.55. The number of halogens is 2. The van der Waals surface area contributed by atoms with Gasteiger partial charge in [-0.15, -0.1) is 0 Å². The van der Waals surface area contributed by atoms with Gasteiger partial charge in [-0.05, 0) is 18.2 Å². The van der Waals surface area contributed by atoms with Gasteiger partial charge in [0.1, 0.15) is 11.6 Å². The predicted molar refractivity (Wildman–Crippen MR) is 58.0 cm³/mol. The van der Waals surface area contributed by atoms with Crippen molar-refractivity contribution in [2.45, 2.75) is 12.8 Å². The second-order valence-corrected chi connectivity index (χ2v) is 4.02. The minimum absolute atomic E-state index is 0.0179. The Kier molecular flexibility index (Phi) is 2.92. The zero-order valence-corrected chi connectivity index (χ0v) is 9.13. The molecule has 84 valence electrons. The van der Waals surface area contributed by atoms with Crippen molar-refractivity contribution >= 4 is 29.0 Å². The van der Waals surface area contributed by atoms with Crippen LogP contribution < -0.4 is 4.90 Å². The highest BCUT2D eigenvalue weighted by Crippen LogP contribution is 2.24. The number of hydrogen-bond acceptors (Lipinski definition) is 2. The lowest BCUT2D eigenvalue weighted by molar-refractivity contribution is -0.128. The number of nitrogens with zero attached hydrogens (tertiary/aromatic N) is 1. The molecule has 1 saturated heterocycles. The summed E-state index contributed by atoms with van der Waals surface area (Å²) in [5.41, 5.74) is 0.444. The smallest absolute Gasteiger partial charge is 0.234 e. The Morgan fingerprint density at radius 3 is 2.69 bits per heavy atom. The summed E-state index contributed by atoms with van der Waals surface area (Å²) in [4.78, 5) is 24.0. The number of carbonyl (C=O) groups excluding carboxylic acids is 2. The Morgan fingerprint density at radius 1 is 1.31 bits per heavy atom. The van der Waals surface area contributed by atoms with Crippen LogP contribution >= 0.6 is 11.6 Å². The average molecular weight is 242 g/mol. The Labute approximate surface area is 96.8 Å². The maximum absolute atomic E-state index is 13.2. The molecular weight excluding hydrogens is 233 g/mol. The highest BCUT2D eigenvalue weighted by molar-refractivity contribution is 6.30. The lowest BCUT2D eigenvalue weighted by Gasteiger charge is -2.26. The molecule has 0 aliphatic carbocycles. The molecule has 1 heterocycles. The van der Waals surface area contributed by atoms with E-state index in [1.165, 1.54) is 17.0 Å². The monoisotopic (exact) mass is 241 g/mol. The molecule has 0 unspecified atom stereocenters. The number of hydrogen-bond donors (Lipinski definition) is 0. The molecule has 0 N–H and O–H groups in total. The molecule has 0 aromatic heterocycles. The zero-order valence-electron chi connectivity index (χ0n) is 8.37. The fourth-order valence-corrected chi connectivity index (χ4v) is 1.76. The van der Waals surface area contributed by atoms with Crippen LogP contribution in [0.4, 0.5) is 10.1 Å². The first-order valence-electron chi connectivity index (χ1n) is 4.85. The summed E-state index contributed by atoms with van der Waals surface area (Å²) in [5.74, 6) is -0.933. The lowest BCUT2D eigenvalue weighted by atomic mass is 10.1. The molecule has 1 aliphatic heterocycles. The Hall–Kier alpha value is -1.42. The third-order valence-corrected chi connectivity index (χ3v) is 2.79. The molecule has 0 atom stereocenters. The number of rotatable bonds is 1. The summed E-state index contributed by atoms with van der Waals surface area (Å²) in [5, 5.41) is 0.0179. The SMILES string of the molecule is O=C1CCN(c2ccc(Cl)c(F)c2)C(=O)C1. The topological polar surface area (TPSA) is 37.4 Å². The lowest BCUT2D eigenvalue weighted by Crippen LogP contribution is -2.39. The van der Waals surface area contributed by atoms with Gasteiger partial charge in [0.15, 0.2) is 0 Å². The predicted octanol–water partition coefficient (Wildman–Crippen LogP) is 2.17. The summed E-state index contributed by atoms with van der Waals surface area (Å²) in [6.07, 6.45) is 0.209. The molecule has 1 amide bonds. The van der Waals surface area contributed by atoms with Crippen molar-refractivity contribution in [1.82, 2.24) is 0 Å². The normalized spacial score (nSPS) is 16.8. The summed E-state index contributed by atoms with van der Waals surface area (Å²) in [7, 11) is 0. The zero-order chi connectivity index (χ0) is 11.7. The Balaban J connectivity index is 2.27. The molecule has 0 spiro atoms. The van der Waals surface area contributed by atoms with Gasteiger partial charge >= 0.3 is 0 Å². The summed E-state index contributed by atoms with van der Waals surface area (Å²) < 4.78 is 13.2. The highest BCUT2D eigenvalue weighted by Gasteiger charge is 2.25. The van der Waals surface area contributed by atoms with Crippen molar-refractivity contribution in [2.75, 3.05) is 11.4 Å². The van der Waals surface area contributed by atoms with E-state index in [1.807, 2.05) is 0 Å². The number of anilines is 1. The average Bonchev–Trinajstić information content (AvgIpc) is 2.22. The van der Waals surface area contributed by atoms with Gasteiger partial charge in [0, 0.05) is 18.7 Å². The number of Topliss-reactive ketones (excluding diaryl/α,β-unsaturated/α-hetero) is 1. The number of amides is 1. The van der Waals surface area contributed by atoms with Crippen molar-refractivity contribution in [3.05, 3.63) is 29.0 Å². The fraction of sp³-hybridized carbons (Fsp3) is 0.273. The molecule has 16 heavy (non-hydrogen) atoms. The van der Waals surface area contributed by atoms with E-state index in [4.69, 9.17) is 11.6 Å². The van der Waals surface area contributed by atoms with E-state index in [9.17, 15) is 14.0 Å². The van der Waals surface area contributed by atoms with Gasteiger partial charge in [-0.3, -0.25) is 9.59 Å². The van der Waals surface area contributed by atoms with E-state index in [-0.39, 0.29) is 23.1 Å². The number of ketones is 1. The third kappa shape index (κ3) is 2.07. The van der Waals surface area contributed by atoms with Gasteiger partial charge in [0.25, 0.3) is 0 Å². The second-order valence-electron chi connectivity index (χ2n) is 3.61. The quantitative estimate of drug-likeness (QED) is 0.707. The maximum Gasteiger partial charge on any atom is 0.234 e. The van der Waals surface area contributed by atoms with Crippen LogP contribution in [0.25, 0.3) is 0 Å². The Morgan fingerprint density at radius 2 is 2.06 bits per heavy atom. The second kappa shape index (κ2) is 4.22. The molecule has 3 nitrogen and oxygen atoms in total. The van der Waals surface area contributed by atoms with E-state index in [1.54, 1.807) is 6.07 Å². The van der Waals surface area contributed by atoms with E-state index < -0.39 is 5.82 Å². The first-order valence-corrected chi connectivity index (χ1v) is 5.23. The van der Waals surface area contributed by atoms with Crippen LogP contribution in [0.15, 0.2) is 18.2 Å². The molecule has 1 aliphatic rings. The molecule has 1 aromatic carbocycles. The first-order chi connectivity index (χ1) is 7.58. The molecule has 5 heteroatoms. The standard InChI is InChI=1S/C11H9ClFNO2/c12-9-2-1-7(5-10(9)13)14-4-3-8(15)6-11(14)16/h1-2,5H,3-4,6H2. The molecule has 0 radical (unpaired) electrons. The number of benzene rings is 1. The number of piperidine rings is 1. The minimum atomic E-state index is -0.566. The largest absolute Gasteiger partial charge is 0.312 e. The van der Waals surface area contributed by atoms with Crippen LogP contribution in [0.5, 0.6) is 0 Å². The van der Waals surface area contributed by atoms with Gasteiger partial charge in [0.2, 0.25) is 5.91 Å². The van der Waals surface area contributed by atoms with Crippen molar-refractivity contribution < 1.29 is 14.0 Å². The van der Waals surface area contributed by atoms with Crippen LogP contribution in [0, 0.1) is 5.82 Å². The minimum Gasteiger partial charge on any atom is -0.312 e. The van der Waals surface area contributed by atoms with Crippen LogP contribution in [0.2, 0.25) is 5.02 Å². The molecule has 0 saturated carbocycles. The van der Waals surface area contributed by atoms with Crippen LogP contribution in [0.1, 0.15) is 12.8 Å². The molecule has 2 rings (SSSR count). The first kappa shape index (κ1) is 11.1. The van der Waals surface area contributed by atoms with Crippen LogP contribution in [-0.2, 0) is 9.59 Å². The molecular formula is C11H9ClFNO2. The highest BCUT2D eigenvalue weighted by atomic mass is 35.5. The van der Waals surface area contributed by atoms with Crippen LogP contribution in [0.3, 0.4) is 0 Å². The maximum atomic E-state index is 13.2. The van der Waals surface area contributed by atoms with E-state index in [0.717, 1.165) is 0 Å². The van der Waals surface area contributed by atoms with E-state index in [0.29, 0.717) is 18.7 Å². The van der Waals surface area contributed by atoms with Gasteiger partial charge < -0.3 is 4.90 Å². The van der Waals surface area contributed by atoms with Crippen molar-refractivity contribution in [2.24, 2.45) is 0 Å². The number of carbonyl (C=O) groups is 2. The molecule has 1 fully saturated rings. The van der Waals surface area contributed by atoms with Gasteiger partial charge in [-0.25, -0.2) is 4.39 Å². The van der Waals surface area contributed by atoms with Crippen molar-refractivity contribution in [1.29, 1.82) is 0 Å². The van der Waals surface area contributed by atoms with Crippen molar-refractivity contribution in [3.8, 4) is 0 Å². The van der Waals surface area contributed by atoms with Crippen LogP contribution in [-0.4, -0.2) is 18.2 Å². The van der Waals surface area contributed by atoms with E-state index >= 15 is 0 Å². The summed E-state index contributed by atoms with van der Waals surface area (Å²) in [6, 6.07) is 4.17. The van der Waals surface area contributed by atoms with E-state index in [2.05, 4.69) is 0 Å². The Bertz CT molecular complexity index is 461. The van der Waals surface area contributed by atoms with Gasteiger partial charge in [-0.2, -0.15) is 0 Å². The van der Waals surface area contributed by atoms with Gasteiger partial charge in [-0.1, -0.05) is 11.6 Å². The van der Waals surface area contributed by atoms with Crippen molar-refractivity contribution in [3.63, 3.8) is 0 Å². The fourth-order valence-electron chi connectivity index (χ4n) is 1.64.